The molecule has 6 nitrogen and oxygen atoms in total. The molecule has 1 rings (SSSR count). The third-order valence-corrected chi connectivity index (χ3v) is 3.79. The molecule has 1 atom stereocenters. The number of hydrogen-bond donors (Lipinski definition) is 2. The molecule has 0 aliphatic carbocycles. The van der Waals surface area contributed by atoms with Crippen LogP contribution in [-0.4, -0.2) is 35.2 Å². The monoisotopic (exact) mass is 337 g/mol. The van der Waals surface area contributed by atoms with Crippen molar-refractivity contribution in [1.82, 2.24) is 20.8 Å². The molecule has 1 aromatic rings. The minimum Gasteiger partial charge on any atom is -0.357 e. The number of guanidine groups is 1. The number of hydrogen-bond acceptors (Lipinski definition) is 4. The molecule has 0 aliphatic heterocycles. The number of aliphatic imine (C=N–C) groups is 1. The van der Waals surface area contributed by atoms with Gasteiger partial charge in [0.2, 0.25) is 5.89 Å². The molecule has 0 spiro atoms. The molecule has 0 saturated heterocycles. The minimum absolute atomic E-state index is 0.305. The summed E-state index contributed by atoms with van der Waals surface area (Å²) in [6.07, 6.45) is 6.67. The van der Waals surface area contributed by atoms with E-state index >= 15 is 0 Å². The van der Waals surface area contributed by atoms with Gasteiger partial charge in [0.15, 0.2) is 11.8 Å². The van der Waals surface area contributed by atoms with Crippen LogP contribution in [0.5, 0.6) is 0 Å². The third kappa shape index (κ3) is 8.31. The molecule has 1 unspecified atom stereocenters. The molecule has 0 radical (unpaired) electrons. The summed E-state index contributed by atoms with van der Waals surface area (Å²) >= 11 is 0. The van der Waals surface area contributed by atoms with Crippen LogP contribution in [-0.2, 0) is 6.42 Å². The van der Waals surface area contributed by atoms with Crippen LogP contribution < -0.4 is 10.6 Å². The second-order valence-corrected chi connectivity index (χ2v) is 6.61. The van der Waals surface area contributed by atoms with Crippen molar-refractivity contribution in [2.75, 3.05) is 13.1 Å². The summed E-state index contributed by atoms with van der Waals surface area (Å²) in [6.45, 7) is 12.3. The van der Waals surface area contributed by atoms with Crippen molar-refractivity contribution >= 4 is 5.96 Å². The molecule has 6 heteroatoms. The van der Waals surface area contributed by atoms with Crippen LogP contribution in [0.4, 0.5) is 0 Å². The van der Waals surface area contributed by atoms with Crippen LogP contribution >= 0.6 is 0 Å². The first-order valence-corrected chi connectivity index (χ1v) is 9.44. The van der Waals surface area contributed by atoms with E-state index in [0.717, 1.165) is 37.7 Å². The second kappa shape index (κ2) is 11.9. The van der Waals surface area contributed by atoms with Crippen LogP contribution in [0.3, 0.4) is 0 Å². The molecule has 2 N–H and O–H groups in total. The normalized spacial score (nSPS) is 13.3. The molecule has 0 aliphatic rings. The van der Waals surface area contributed by atoms with Gasteiger partial charge in [-0.3, -0.25) is 4.99 Å². The Morgan fingerprint density at radius 2 is 1.96 bits per heavy atom. The largest absolute Gasteiger partial charge is 0.357 e. The van der Waals surface area contributed by atoms with Crippen LogP contribution in [0.1, 0.15) is 84.4 Å². The van der Waals surface area contributed by atoms with E-state index in [0.29, 0.717) is 17.9 Å². The van der Waals surface area contributed by atoms with Crippen molar-refractivity contribution in [3.8, 4) is 0 Å². The van der Waals surface area contributed by atoms with Gasteiger partial charge < -0.3 is 15.2 Å². The van der Waals surface area contributed by atoms with Crippen LogP contribution in [0.2, 0.25) is 0 Å². The van der Waals surface area contributed by atoms with Crippen LogP contribution in [0.25, 0.3) is 0 Å². The molecule has 1 aromatic heterocycles. The number of nitrogens with one attached hydrogen (secondary N) is 2. The Kier molecular flexibility index (Phi) is 10.1. The van der Waals surface area contributed by atoms with Crippen molar-refractivity contribution in [2.24, 2.45) is 4.99 Å². The summed E-state index contributed by atoms with van der Waals surface area (Å²) in [6, 6.07) is 0.443. The highest BCUT2D eigenvalue weighted by Gasteiger charge is 2.09. The SMILES string of the molecule is CCCCCC(C)NC(=NCCCc1nc(C(C)C)no1)NCC. The quantitative estimate of drug-likeness (QED) is 0.366. The molecule has 138 valence electrons. The molecule has 0 amide bonds. The molecule has 0 bridgehead atoms. The number of nitrogens with zero attached hydrogens (tertiary/aromatic N) is 3. The van der Waals surface area contributed by atoms with E-state index in [-0.39, 0.29) is 0 Å². The first-order chi connectivity index (χ1) is 11.6. The average Bonchev–Trinajstić information content (AvgIpc) is 3.01. The highest BCUT2D eigenvalue weighted by Crippen LogP contribution is 2.10. The Balaban J connectivity index is 2.35. The van der Waals surface area contributed by atoms with Gasteiger partial charge in [-0.15, -0.1) is 0 Å². The summed E-state index contributed by atoms with van der Waals surface area (Å²) in [7, 11) is 0. The van der Waals surface area contributed by atoms with Gasteiger partial charge in [-0.1, -0.05) is 45.2 Å². The molecule has 0 fully saturated rings. The molecule has 1 heterocycles. The number of aromatic nitrogens is 2. The first-order valence-electron chi connectivity index (χ1n) is 9.44. The van der Waals surface area contributed by atoms with E-state index in [2.05, 4.69) is 60.4 Å². The summed E-state index contributed by atoms with van der Waals surface area (Å²) in [5.74, 6) is 2.69. The lowest BCUT2D eigenvalue weighted by molar-refractivity contribution is 0.369. The summed E-state index contributed by atoms with van der Waals surface area (Å²) in [5, 5.41) is 10.8. The molecule has 0 saturated carbocycles. The number of aryl methyl sites for hydroxylation is 1. The first kappa shape index (κ1) is 20.5. The number of rotatable bonds is 11. The molecule has 0 aromatic carbocycles. The smallest absolute Gasteiger partial charge is 0.226 e. The topological polar surface area (TPSA) is 75.3 Å². The fourth-order valence-electron chi connectivity index (χ4n) is 2.35. The van der Waals surface area contributed by atoms with Gasteiger partial charge in [0.05, 0.1) is 0 Å². The summed E-state index contributed by atoms with van der Waals surface area (Å²) < 4.78 is 5.26. The fourth-order valence-corrected chi connectivity index (χ4v) is 2.35. The predicted molar refractivity (Wildman–Crippen MR) is 99.4 cm³/mol. The van der Waals surface area contributed by atoms with Crippen molar-refractivity contribution < 1.29 is 4.52 Å². The Hall–Kier alpha value is -1.59. The van der Waals surface area contributed by atoms with Gasteiger partial charge in [0, 0.05) is 31.5 Å². The zero-order chi connectivity index (χ0) is 17.8. The van der Waals surface area contributed by atoms with Crippen LogP contribution in [0, 0.1) is 0 Å². The third-order valence-electron chi connectivity index (χ3n) is 3.79. The average molecular weight is 338 g/mol. The van der Waals surface area contributed by atoms with Gasteiger partial charge in [-0.25, -0.2) is 0 Å². The second-order valence-electron chi connectivity index (χ2n) is 6.61. The van der Waals surface area contributed by atoms with Gasteiger partial charge in [0.1, 0.15) is 0 Å². The standard InChI is InChI=1S/C18H35N5O/c1-6-8-9-11-15(5)21-18(19-7-2)20-13-10-12-16-22-17(14(3)4)23-24-16/h14-15H,6-13H2,1-5H3,(H2,19,20,21). The molecular weight excluding hydrogens is 302 g/mol. The number of unbranched alkanes of at least 4 members (excludes halogenated alkanes) is 2. The minimum atomic E-state index is 0.305. The zero-order valence-corrected chi connectivity index (χ0v) is 16.1. The van der Waals surface area contributed by atoms with Crippen LogP contribution in [0.15, 0.2) is 9.52 Å². The Bertz CT molecular complexity index is 470. The van der Waals surface area contributed by atoms with E-state index in [1.165, 1.54) is 25.7 Å². The van der Waals surface area contributed by atoms with E-state index in [4.69, 9.17) is 4.52 Å². The lowest BCUT2D eigenvalue weighted by Gasteiger charge is -2.17. The lowest BCUT2D eigenvalue weighted by Crippen LogP contribution is -2.42. The van der Waals surface area contributed by atoms with E-state index in [1.807, 2.05) is 0 Å². The summed E-state index contributed by atoms with van der Waals surface area (Å²) in [4.78, 5) is 9.04. The Labute approximate surface area is 146 Å². The molecule has 24 heavy (non-hydrogen) atoms. The highest BCUT2D eigenvalue weighted by molar-refractivity contribution is 5.80. The highest BCUT2D eigenvalue weighted by atomic mass is 16.5. The van der Waals surface area contributed by atoms with E-state index in [1.54, 1.807) is 0 Å². The van der Waals surface area contributed by atoms with Gasteiger partial charge >= 0.3 is 0 Å². The van der Waals surface area contributed by atoms with E-state index in [9.17, 15) is 0 Å². The van der Waals surface area contributed by atoms with Gasteiger partial charge in [0.25, 0.3) is 0 Å². The Morgan fingerprint density at radius 3 is 2.58 bits per heavy atom. The predicted octanol–water partition coefficient (Wildman–Crippen LogP) is 3.65. The van der Waals surface area contributed by atoms with Crippen molar-refractivity contribution in [1.29, 1.82) is 0 Å². The maximum absolute atomic E-state index is 5.26. The maximum atomic E-state index is 5.26. The van der Waals surface area contributed by atoms with Crippen molar-refractivity contribution in [3.63, 3.8) is 0 Å². The fraction of sp³-hybridized carbons (Fsp3) is 0.833. The van der Waals surface area contributed by atoms with Crippen molar-refractivity contribution in [3.05, 3.63) is 11.7 Å². The van der Waals surface area contributed by atoms with Gasteiger partial charge in [-0.2, -0.15) is 4.98 Å². The van der Waals surface area contributed by atoms with E-state index < -0.39 is 0 Å². The lowest BCUT2D eigenvalue weighted by atomic mass is 10.1. The molecular formula is C18H35N5O. The summed E-state index contributed by atoms with van der Waals surface area (Å²) in [5.41, 5.74) is 0. The van der Waals surface area contributed by atoms with Crippen molar-refractivity contribution in [2.45, 2.75) is 85.1 Å². The zero-order valence-electron chi connectivity index (χ0n) is 16.1. The Morgan fingerprint density at radius 1 is 1.17 bits per heavy atom. The van der Waals surface area contributed by atoms with Gasteiger partial charge in [-0.05, 0) is 26.7 Å². The maximum Gasteiger partial charge on any atom is 0.226 e.